The average Bonchev–Trinajstić information content (AvgIpc) is 3.01. The van der Waals surface area contributed by atoms with Crippen molar-refractivity contribution in [2.45, 2.75) is 50.8 Å². The number of anilines is 1. The number of halogens is 3. The Kier molecular flexibility index (Phi) is 7.69. The molecule has 3 heterocycles. The molecule has 0 saturated carbocycles. The Balaban J connectivity index is 0.00000261. The van der Waals surface area contributed by atoms with E-state index in [4.69, 9.17) is 10.5 Å². The van der Waals surface area contributed by atoms with Crippen LogP contribution in [0.1, 0.15) is 38.2 Å². The summed E-state index contributed by atoms with van der Waals surface area (Å²) in [4.78, 5) is 24.5. The van der Waals surface area contributed by atoms with Crippen LogP contribution in [0.5, 0.6) is 0 Å². The number of nitrogens with zero attached hydrogens (tertiary/aromatic N) is 4. The summed E-state index contributed by atoms with van der Waals surface area (Å²) in [6, 6.07) is 0.0829. The molecule has 1 aromatic rings. The second-order valence-corrected chi connectivity index (χ2v) is 6.95. The van der Waals surface area contributed by atoms with Gasteiger partial charge in [0.05, 0.1) is 12.2 Å². The number of ether oxygens (including phenoxy) is 1. The highest BCUT2D eigenvalue weighted by molar-refractivity contribution is 5.85. The number of carbonyl (C=O) groups is 1. The number of piperidine rings is 1. The second kappa shape index (κ2) is 9.57. The summed E-state index contributed by atoms with van der Waals surface area (Å²) < 4.78 is 30.8. The van der Waals surface area contributed by atoms with Crippen molar-refractivity contribution in [3.05, 3.63) is 18.0 Å². The molecule has 10 heteroatoms. The van der Waals surface area contributed by atoms with Crippen LogP contribution in [0.15, 0.2) is 12.4 Å². The lowest BCUT2D eigenvalue weighted by atomic mass is 10.0. The number of rotatable bonds is 6. The Labute approximate surface area is 163 Å². The van der Waals surface area contributed by atoms with Gasteiger partial charge in [-0.1, -0.05) is 0 Å². The van der Waals surface area contributed by atoms with Gasteiger partial charge in [0.1, 0.15) is 6.10 Å². The quantitative estimate of drug-likeness (QED) is 0.776. The Bertz CT molecular complexity index is 612. The fourth-order valence-corrected chi connectivity index (χ4v) is 3.44. The van der Waals surface area contributed by atoms with E-state index in [1.807, 2.05) is 16.7 Å². The highest BCUT2D eigenvalue weighted by Gasteiger charge is 2.38. The van der Waals surface area contributed by atoms with Crippen molar-refractivity contribution in [3.63, 3.8) is 0 Å². The summed E-state index contributed by atoms with van der Waals surface area (Å²) in [5.41, 5.74) is 5.50. The molecule has 1 unspecified atom stereocenters. The van der Waals surface area contributed by atoms with Gasteiger partial charge in [-0.2, -0.15) is 0 Å². The van der Waals surface area contributed by atoms with Crippen LogP contribution in [-0.2, 0) is 9.53 Å². The summed E-state index contributed by atoms with van der Waals surface area (Å²) in [5.74, 6) is 0.500. The minimum Gasteiger partial charge on any atom is -0.367 e. The van der Waals surface area contributed by atoms with E-state index >= 15 is 0 Å². The van der Waals surface area contributed by atoms with Crippen molar-refractivity contribution in [2.24, 2.45) is 5.73 Å². The number of carbonyl (C=O) groups excluding carboxylic acids is 1. The Morgan fingerprint density at radius 3 is 2.41 bits per heavy atom. The van der Waals surface area contributed by atoms with E-state index in [9.17, 15) is 13.6 Å². The molecular weight excluding hydrogens is 380 g/mol. The monoisotopic (exact) mass is 405 g/mol. The zero-order valence-corrected chi connectivity index (χ0v) is 16.1. The zero-order chi connectivity index (χ0) is 18.7. The van der Waals surface area contributed by atoms with Crippen molar-refractivity contribution < 1.29 is 18.3 Å². The normalized spacial score (nSPS) is 22.3. The number of aromatic nitrogens is 2. The van der Waals surface area contributed by atoms with Crippen LogP contribution in [0.3, 0.4) is 0 Å². The first-order valence-electron chi connectivity index (χ1n) is 8.98. The summed E-state index contributed by atoms with van der Waals surface area (Å²) in [6.45, 7) is 4.31. The highest BCUT2D eigenvalue weighted by Crippen LogP contribution is 2.26. The van der Waals surface area contributed by atoms with Crippen molar-refractivity contribution >= 4 is 24.3 Å². The molecule has 0 aromatic carbocycles. The predicted molar refractivity (Wildman–Crippen MR) is 99.2 cm³/mol. The molecule has 1 amide bonds. The van der Waals surface area contributed by atoms with Crippen LogP contribution in [-0.4, -0.2) is 65.2 Å². The summed E-state index contributed by atoms with van der Waals surface area (Å²) in [6.07, 6.45) is 1.69. The van der Waals surface area contributed by atoms with E-state index in [1.54, 1.807) is 0 Å². The van der Waals surface area contributed by atoms with Gasteiger partial charge in [-0.25, -0.2) is 18.7 Å². The van der Waals surface area contributed by atoms with E-state index < -0.39 is 6.43 Å². The SMILES string of the molecule is C[C@H](N)COC1CCN(C2CCN(c3ncc(C(F)F)cn3)CC2)C1=O.Cl. The van der Waals surface area contributed by atoms with Gasteiger partial charge in [0.25, 0.3) is 12.3 Å². The van der Waals surface area contributed by atoms with Gasteiger partial charge >= 0.3 is 0 Å². The number of alkyl halides is 2. The molecule has 3 rings (SSSR count). The van der Waals surface area contributed by atoms with Crippen LogP contribution in [0.2, 0.25) is 0 Å². The van der Waals surface area contributed by atoms with Crippen LogP contribution in [0.4, 0.5) is 14.7 Å². The van der Waals surface area contributed by atoms with E-state index in [2.05, 4.69) is 9.97 Å². The fraction of sp³-hybridized carbons (Fsp3) is 0.706. The first kappa shape index (κ1) is 21.7. The molecule has 2 atom stereocenters. The van der Waals surface area contributed by atoms with Crippen LogP contribution < -0.4 is 10.6 Å². The molecule has 152 valence electrons. The lowest BCUT2D eigenvalue weighted by Crippen LogP contribution is -2.47. The van der Waals surface area contributed by atoms with Gasteiger partial charge in [0.15, 0.2) is 0 Å². The molecule has 0 radical (unpaired) electrons. The molecule has 2 aliphatic rings. The summed E-state index contributed by atoms with van der Waals surface area (Å²) in [7, 11) is 0. The van der Waals surface area contributed by atoms with Gasteiger partial charge in [-0.15, -0.1) is 12.4 Å². The van der Waals surface area contributed by atoms with Crippen molar-refractivity contribution in [2.75, 3.05) is 31.1 Å². The predicted octanol–water partition coefficient (Wildman–Crippen LogP) is 1.77. The Morgan fingerprint density at radius 2 is 1.85 bits per heavy atom. The first-order chi connectivity index (χ1) is 12.5. The third kappa shape index (κ3) is 5.24. The minimum absolute atomic E-state index is 0. The molecule has 27 heavy (non-hydrogen) atoms. The van der Waals surface area contributed by atoms with Crippen molar-refractivity contribution in [1.29, 1.82) is 0 Å². The van der Waals surface area contributed by atoms with Crippen LogP contribution in [0, 0.1) is 0 Å². The molecule has 2 fully saturated rings. The van der Waals surface area contributed by atoms with Gasteiger partial charge in [-0.3, -0.25) is 4.79 Å². The standard InChI is InChI=1S/C17H25F2N5O2.ClH/c1-11(20)10-26-14-4-7-24(16(14)25)13-2-5-23(6-3-13)17-21-8-12(9-22-17)15(18)19;/h8-9,11,13-15H,2-7,10,20H2,1H3;1H/t11-,14?;/m0./s1. The van der Waals surface area contributed by atoms with Crippen molar-refractivity contribution in [1.82, 2.24) is 14.9 Å². The van der Waals surface area contributed by atoms with E-state index in [-0.39, 0.29) is 42.1 Å². The summed E-state index contributed by atoms with van der Waals surface area (Å²) >= 11 is 0. The maximum Gasteiger partial charge on any atom is 0.266 e. The van der Waals surface area contributed by atoms with E-state index in [1.165, 1.54) is 12.4 Å². The molecule has 0 bridgehead atoms. The Morgan fingerprint density at radius 1 is 1.22 bits per heavy atom. The zero-order valence-electron chi connectivity index (χ0n) is 15.3. The first-order valence-corrected chi connectivity index (χ1v) is 8.98. The van der Waals surface area contributed by atoms with Crippen LogP contribution in [0.25, 0.3) is 0 Å². The van der Waals surface area contributed by atoms with E-state index in [0.717, 1.165) is 12.8 Å². The summed E-state index contributed by atoms with van der Waals surface area (Å²) in [5, 5.41) is 0. The molecule has 2 saturated heterocycles. The Hall–Kier alpha value is -1.58. The maximum absolute atomic E-state index is 12.6. The third-order valence-corrected chi connectivity index (χ3v) is 4.85. The van der Waals surface area contributed by atoms with Crippen molar-refractivity contribution in [3.8, 4) is 0 Å². The number of amides is 1. The van der Waals surface area contributed by atoms with E-state index in [0.29, 0.717) is 38.6 Å². The molecule has 0 aliphatic carbocycles. The second-order valence-electron chi connectivity index (χ2n) is 6.95. The minimum atomic E-state index is -2.56. The molecule has 2 N–H and O–H groups in total. The number of hydrogen-bond donors (Lipinski definition) is 1. The molecular formula is C17H26ClF2N5O2. The van der Waals surface area contributed by atoms with Gasteiger partial charge < -0.3 is 20.3 Å². The lowest BCUT2D eigenvalue weighted by Gasteiger charge is -2.36. The maximum atomic E-state index is 12.6. The van der Waals surface area contributed by atoms with Gasteiger partial charge in [0.2, 0.25) is 5.95 Å². The number of hydrogen-bond acceptors (Lipinski definition) is 6. The smallest absolute Gasteiger partial charge is 0.266 e. The fourth-order valence-electron chi connectivity index (χ4n) is 3.44. The lowest BCUT2D eigenvalue weighted by molar-refractivity contribution is -0.139. The highest BCUT2D eigenvalue weighted by atomic mass is 35.5. The van der Waals surface area contributed by atoms with Gasteiger partial charge in [-0.05, 0) is 19.8 Å². The average molecular weight is 406 g/mol. The molecule has 2 aliphatic heterocycles. The topological polar surface area (TPSA) is 84.6 Å². The van der Waals surface area contributed by atoms with Crippen LogP contribution >= 0.6 is 12.4 Å². The number of likely N-dealkylation sites (tertiary alicyclic amines) is 1. The largest absolute Gasteiger partial charge is 0.367 e. The van der Waals surface area contributed by atoms with Gasteiger partial charge in [0, 0.05) is 50.5 Å². The molecule has 0 spiro atoms. The molecule has 1 aromatic heterocycles. The third-order valence-electron chi connectivity index (χ3n) is 4.85. The molecule has 7 nitrogen and oxygen atoms in total. The number of nitrogens with two attached hydrogens (primary N) is 1.